The lowest BCUT2D eigenvalue weighted by atomic mass is 10.3. The Bertz CT molecular complexity index is 730. The van der Waals surface area contributed by atoms with Gasteiger partial charge in [0.15, 0.2) is 0 Å². The number of para-hydroxylation sites is 1. The molecule has 2 heterocycles. The summed E-state index contributed by atoms with van der Waals surface area (Å²) in [5, 5.41) is 4.21. The minimum Gasteiger partial charge on any atom is -0.403 e. The van der Waals surface area contributed by atoms with Crippen LogP contribution >= 0.6 is 15.9 Å². The number of nitrogen functional groups attached to an aromatic ring is 1. The van der Waals surface area contributed by atoms with Crippen LogP contribution in [0.4, 0.5) is 5.82 Å². The third kappa shape index (κ3) is 2.45. The van der Waals surface area contributed by atoms with E-state index in [2.05, 4.69) is 36.0 Å². The minimum absolute atomic E-state index is 0.174. The Labute approximate surface area is 122 Å². The largest absolute Gasteiger partial charge is 0.403 e. The van der Waals surface area contributed by atoms with Crippen molar-refractivity contribution in [1.29, 1.82) is 0 Å². The van der Waals surface area contributed by atoms with Crippen molar-refractivity contribution in [3.05, 3.63) is 47.5 Å². The van der Waals surface area contributed by atoms with E-state index in [4.69, 9.17) is 10.5 Å². The molecular weight excluding hydrogens is 324 g/mol. The summed E-state index contributed by atoms with van der Waals surface area (Å²) in [6, 6.07) is 9.76. The molecule has 0 bridgehead atoms. The van der Waals surface area contributed by atoms with E-state index in [1.54, 1.807) is 11.0 Å². The average Bonchev–Trinajstić information content (AvgIpc) is 2.93. The molecule has 0 saturated carbocycles. The highest BCUT2D eigenvalue weighted by Gasteiger charge is 2.11. The molecule has 0 aliphatic carbocycles. The maximum absolute atomic E-state index is 5.65. The van der Waals surface area contributed by atoms with Crippen molar-refractivity contribution in [3.63, 3.8) is 0 Å². The van der Waals surface area contributed by atoms with Gasteiger partial charge in [-0.05, 0) is 28.1 Å². The molecule has 2 N–H and O–H groups in total. The second kappa shape index (κ2) is 5.25. The van der Waals surface area contributed by atoms with Gasteiger partial charge in [-0.1, -0.05) is 18.2 Å². The highest BCUT2D eigenvalue weighted by Crippen LogP contribution is 2.28. The van der Waals surface area contributed by atoms with Crippen molar-refractivity contribution in [3.8, 4) is 17.6 Å². The molecule has 7 nitrogen and oxygen atoms in total. The van der Waals surface area contributed by atoms with Gasteiger partial charge in [0.05, 0.1) is 5.69 Å². The molecule has 0 fully saturated rings. The highest BCUT2D eigenvalue weighted by molar-refractivity contribution is 9.10. The zero-order valence-electron chi connectivity index (χ0n) is 10.1. The minimum atomic E-state index is 0.174. The summed E-state index contributed by atoms with van der Waals surface area (Å²) < 4.78 is 7.54. The zero-order valence-corrected chi connectivity index (χ0v) is 11.7. The molecule has 1 aromatic carbocycles. The van der Waals surface area contributed by atoms with Gasteiger partial charge in [-0.15, -0.1) is 5.10 Å². The summed E-state index contributed by atoms with van der Waals surface area (Å²) in [4.78, 5) is 11.9. The number of ether oxygens (including phenoxy) is 1. The van der Waals surface area contributed by atoms with Gasteiger partial charge in [0.25, 0.3) is 0 Å². The maximum atomic E-state index is 5.65. The Hall–Kier alpha value is -2.48. The number of nitrogens with two attached hydrogens (primary N) is 1. The molecule has 0 aliphatic heterocycles. The number of aromatic nitrogens is 5. The van der Waals surface area contributed by atoms with Crippen LogP contribution in [0.25, 0.3) is 5.69 Å². The normalized spacial score (nSPS) is 10.4. The quantitative estimate of drug-likeness (QED) is 0.790. The van der Waals surface area contributed by atoms with Gasteiger partial charge in [-0.3, -0.25) is 0 Å². The summed E-state index contributed by atoms with van der Waals surface area (Å²) in [5.74, 6) is 0.556. The summed E-state index contributed by atoms with van der Waals surface area (Å²) in [5.41, 5.74) is 6.53. The molecule has 0 atom stereocenters. The number of anilines is 1. The average molecular weight is 333 g/mol. The van der Waals surface area contributed by atoms with Gasteiger partial charge in [-0.25, -0.2) is 14.6 Å². The van der Waals surface area contributed by atoms with Crippen LogP contribution in [0.15, 0.2) is 47.5 Å². The molecule has 3 aromatic rings. The lowest BCUT2D eigenvalue weighted by Crippen LogP contribution is -1.98. The number of benzene rings is 1. The van der Waals surface area contributed by atoms with E-state index in [1.165, 1.54) is 6.33 Å². The molecule has 100 valence electrons. The molecule has 0 unspecified atom stereocenters. The Morgan fingerprint density at radius 1 is 1.10 bits per heavy atom. The smallest absolute Gasteiger partial charge is 0.342 e. The van der Waals surface area contributed by atoms with E-state index in [0.717, 1.165) is 5.69 Å². The third-order valence-corrected chi connectivity index (χ3v) is 3.21. The highest BCUT2D eigenvalue weighted by atomic mass is 79.9. The monoisotopic (exact) mass is 332 g/mol. The van der Waals surface area contributed by atoms with E-state index < -0.39 is 0 Å². The van der Waals surface area contributed by atoms with E-state index in [-0.39, 0.29) is 17.7 Å². The van der Waals surface area contributed by atoms with Crippen molar-refractivity contribution in [2.75, 3.05) is 5.73 Å². The van der Waals surface area contributed by atoms with E-state index in [9.17, 15) is 0 Å². The van der Waals surface area contributed by atoms with Crippen LogP contribution in [-0.2, 0) is 0 Å². The molecule has 2 aromatic heterocycles. The molecule has 0 spiro atoms. The second-order valence-electron chi connectivity index (χ2n) is 3.79. The van der Waals surface area contributed by atoms with Crippen molar-refractivity contribution in [1.82, 2.24) is 24.7 Å². The fourth-order valence-electron chi connectivity index (χ4n) is 1.52. The second-order valence-corrected chi connectivity index (χ2v) is 4.58. The van der Waals surface area contributed by atoms with Gasteiger partial charge < -0.3 is 10.5 Å². The summed E-state index contributed by atoms with van der Waals surface area (Å²) in [6.07, 6.45) is 2.87. The number of halogens is 1. The molecule has 0 aliphatic rings. The predicted molar refractivity (Wildman–Crippen MR) is 75.6 cm³/mol. The van der Waals surface area contributed by atoms with Gasteiger partial charge in [0.1, 0.15) is 22.9 Å². The topological polar surface area (TPSA) is 91.7 Å². The standard InChI is InChI=1S/C12H9BrN6O/c13-9-10(14)15-6-16-11(9)20-12-17-7-19(18-12)8-4-2-1-3-5-8/h1-7H,(H2,14,15,16). The van der Waals surface area contributed by atoms with E-state index in [0.29, 0.717) is 4.47 Å². The molecule has 0 amide bonds. The Morgan fingerprint density at radius 2 is 1.90 bits per heavy atom. The molecule has 20 heavy (non-hydrogen) atoms. The third-order valence-electron chi connectivity index (χ3n) is 2.46. The van der Waals surface area contributed by atoms with Gasteiger partial charge in [0, 0.05) is 0 Å². The first-order chi connectivity index (χ1) is 9.74. The van der Waals surface area contributed by atoms with Crippen LogP contribution in [0.3, 0.4) is 0 Å². The van der Waals surface area contributed by atoms with Crippen LogP contribution in [0, 0.1) is 0 Å². The Kier molecular flexibility index (Phi) is 3.30. The molecule has 0 radical (unpaired) electrons. The van der Waals surface area contributed by atoms with E-state index >= 15 is 0 Å². The SMILES string of the molecule is Nc1ncnc(Oc2ncn(-c3ccccc3)n2)c1Br. The fraction of sp³-hybridized carbons (Fsp3) is 0. The first kappa shape index (κ1) is 12.5. The number of hydrogen-bond donors (Lipinski definition) is 1. The summed E-state index contributed by atoms with van der Waals surface area (Å²) in [7, 11) is 0. The summed E-state index contributed by atoms with van der Waals surface area (Å²) >= 11 is 3.25. The van der Waals surface area contributed by atoms with Crippen LogP contribution in [0.1, 0.15) is 0 Å². The lowest BCUT2D eigenvalue weighted by molar-refractivity contribution is 0.421. The van der Waals surface area contributed by atoms with Crippen LogP contribution in [0.2, 0.25) is 0 Å². The van der Waals surface area contributed by atoms with Crippen molar-refractivity contribution in [2.24, 2.45) is 0 Å². The van der Waals surface area contributed by atoms with Crippen molar-refractivity contribution in [2.45, 2.75) is 0 Å². The number of rotatable bonds is 3. The number of hydrogen-bond acceptors (Lipinski definition) is 6. The van der Waals surface area contributed by atoms with Gasteiger partial charge >= 0.3 is 6.01 Å². The lowest BCUT2D eigenvalue weighted by Gasteiger charge is -2.03. The van der Waals surface area contributed by atoms with Gasteiger partial charge in [0.2, 0.25) is 5.88 Å². The predicted octanol–water partition coefficient (Wildman–Crippen LogP) is 2.19. The molecule has 8 heteroatoms. The van der Waals surface area contributed by atoms with Crippen molar-refractivity contribution < 1.29 is 4.74 Å². The number of nitrogens with zero attached hydrogens (tertiary/aromatic N) is 5. The molecule has 3 rings (SSSR count). The Morgan fingerprint density at radius 3 is 2.70 bits per heavy atom. The van der Waals surface area contributed by atoms with Crippen LogP contribution in [-0.4, -0.2) is 24.7 Å². The van der Waals surface area contributed by atoms with Gasteiger partial charge in [-0.2, -0.15) is 4.98 Å². The van der Waals surface area contributed by atoms with Crippen LogP contribution < -0.4 is 10.5 Å². The zero-order chi connectivity index (χ0) is 13.9. The first-order valence-electron chi connectivity index (χ1n) is 5.65. The summed E-state index contributed by atoms with van der Waals surface area (Å²) in [6.45, 7) is 0. The van der Waals surface area contributed by atoms with Crippen LogP contribution in [0.5, 0.6) is 11.9 Å². The van der Waals surface area contributed by atoms with E-state index in [1.807, 2.05) is 30.3 Å². The maximum Gasteiger partial charge on any atom is 0.342 e. The fourth-order valence-corrected chi connectivity index (χ4v) is 1.81. The Balaban J connectivity index is 1.86. The first-order valence-corrected chi connectivity index (χ1v) is 6.44. The van der Waals surface area contributed by atoms with Crippen molar-refractivity contribution >= 4 is 21.7 Å². The molecular formula is C12H9BrN6O. The molecule has 0 saturated heterocycles.